The lowest BCUT2D eigenvalue weighted by Crippen LogP contribution is -2.01. The minimum Gasteiger partial charge on any atom is -0.388 e. The summed E-state index contributed by atoms with van der Waals surface area (Å²) in [6.45, 7) is 2.07. The molecule has 0 bridgehead atoms. The lowest BCUT2D eigenvalue weighted by atomic mass is 10.1. The number of anilines is 3. The zero-order chi connectivity index (χ0) is 17.2. The number of fused-ring (bicyclic) bond motifs is 1. The van der Waals surface area contributed by atoms with Crippen LogP contribution in [0.15, 0.2) is 55.0 Å². The summed E-state index contributed by atoms with van der Waals surface area (Å²) < 4.78 is 0. The third kappa shape index (κ3) is 2.89. The average Bonchev–Trinajstić information content (AvgIpc) is 3.13. The van der Waals surface area contributed by atoms with Crippen LogP contribution in [0, 0.1) is 6.92 Å². The molecular formula is C19H18N6. The van der Waals surface area contributed by atoms with Gasteiger partial charge in [-0.05, 0) is 42.8 Å². The third-order valence-corrected chi connectivity index (χ3v) is 4.11. The quantitative estimate of drug-likeness (QED) is 0.525. The maximum absolute atomic E-state index is 4.73. The highest BCUT2D eigenvalue weighted by molar-refractivity contribution is 5.91. The second kappa shape index (κ2) is 6.24. The molecule has 0 fully saturated rings. The average molecular weight is 330 g/mol. The lowest BCUT2D eigenvalue weighted by Gasteiger charge is -2.13. The molecule has 0 atom stereocenters. The Balaban J connectivity index is 1.83. The largest absolute Gasteiger partial charge is 0.388 e. The number of aryl methyl sites for hydroxylation is 1. The van der Waals surface area contributed by atoms with Gasteiger partial charge in [0.1, 0.15) is 11.5 Å². The van der Waals surface area contributed by atoms with Gasteiger partial charge in [-0.1, -0.05) is 6.07 Å². The first-order chi connectivity index (χ1) is 12.2. The van der Waals surface area contributed by atoms with Gasteiger partial charge in [0.15, 0.2) is 5.82 Å². The fourth-order valence-corrected chi connectivity index (χ4v) is 2.70. The molecule has 6 heteroatoms. The van der Waals surface area contributed by atoms with Crippen molar-refractivity contribution < 1.29 is 0 Å². The topological polar surface area (TPSA) is 78.5 Å². The minimum atomic E-state index is 0.632. The second-order valence-corrected chi connectivity index (χ2v) is 5.78. The van der Waals surface area contributed by atoms with Gasteiger partial charge < -0.3 is 15.6 Å². The molecule has 4 aromatic rings. The smallest absolute Gasteiger partial charge is 0.165 e. The predicted octanol–water partition coefficient (Wildman–Crippen LogP) is 4.11. The Morgan fingerprint density at radius 3 is 2.80 bits per heavy atom. The fourth-order valence-electron chi connectivity index (χ4n) is 2.70. The molecule has 3 aromatic heterocycles. The molecule has 0 aliphatic rings. The molecule has 4 rings (SSSR count). The van der Waals surface area contributed by atoms with Gasteiger partial charge in [0.25, 0.3) is 0 Å². The SMILES string of the molecule is CNc1ccc(C)c(Nc2nc(-c3cccnc3)nc3[nH]ccc23)c1. The Bertz CT molecular complexity index is 1020. The van der Waals surface area contributed by atoms with Crippen molar-refractivity contribution >= 4 is 28.2 Å². The standard InChI is InChI=1S/C19H18N6/c1-12-5-6-14(20-2)10-16(12)23-19-15-7-9-22-18(15)24-17(25-19)13-4-3-8-21-11-13/h3-11,20H,1-2H3,(H2,22,23,24,25). The number of pyridine rings is 1. The molecule has 0 aliphatic carbocycles. The van der Waals surface area contributed by atoms with Crippen molar-refractivity contribution in [2.24, 2.45) is 0 Å². The molecule has 0 unspecified atom stereocenters. The monoisotopic (exact) mass is 330 g/mol. The van der Waals surface area contributed by atoms with Crippen LogP contribution in [0.5, 0.6) is 0 Å². The lowest BCUT2D eigenvalue weighted by molar-refractivity contribution is 1.19. The molecule has 25 heavy (non-hydrogen) atoms. The Morgan fingerprint density at radius 2 is 2.00 bits per heavy atom. The van der Waals surface area contributed by atoms with E-state index in [0.29, 0.717) is 5.82 Å². The third-order valence-electron chi connectivity index (χ3n) is 4.11. The van der Waals surface area contributed by atoms with E-state index in [0.717, 1.165) is 39.4 Å². The summed E-state index contributed by atoms with van der Waals surface area (Å²) in [5.41, 5.74) is 4.86. The molecule has 0 saturated heterocycles. The number of benzene rings is 1. The van der Waals surface area contributed by atoms with Gasteiger partial charge in [-0.15, -0.1) is 0 Å². The molecule has 124 valence electrons. The van der Waals surface area contributed by atoms with Crippen LogP contribution in [0.1, 0.15) is 5.56 Å². The van der Waals surface area contributed by atoms with Crippen LogP contribution in [-0.2, 0) is 0 Å². The van der Waals surface area contributed by atoms with Crippen LogP contribution in [0.3, 0.4) is 0 Å². The Kier molecular flexibility index (Phi) is 3.78. The van der Waals surface area contributed by atoms with Crippen molar-refractivity contribution in [1.29, 1.82) is 0 Å². The molecule has 0 radical (unpaired) electrons. The minimum absolute atomic E-state index is 0.632. The van der Waals surface area contributed by atoms with Crippen molar-refractivity contribution in [3.05, 3.63) is 60.6 Å². The van der Waals surface area contributed by atoms with E-state index < -0.39 is 0 Å². The second-order valence-electron chi connectivity index (χ2n) is 5.78. The maximum atomic E-state index is 4.73. The molecule has 0 amide bonds. The van der Waals surface area contributed by atoms with Gasteiger partial charge >= 0.3 is 0 Å². The van der Waals surface area contributed by atoms with E-state index in [9.17, 15) is 0 Å². The molecule has 6 nitrogen and oxygen atoms in total. The zero-order valence-corrected chi connectivity index (χ0v) is 14.0. The van der Waals surface area contributed by atoms with Crippen molar-refractivity contribution in [2.45, 2.75) is 6.92 Å². The van der Waals surface area contributed by atoms with E-state index in [1.54, 1.807) is 12.4 Å². The van der Waals surface area contributed by atoms with E-state index >= 15 is 0 Å². The van der Waals surface area contributed by atoms with Crippen LogP contribution in [0.4, 0.5) is 17.2 Å². The van der Waals surface area contributed by atoms with Crippen LogP contribution in [0.2, 0.25) is 0 Å². The molecule has 1 aromatic carbocycles. The molecule has 3 heterocycles. The first kappa shape index (κ1) is 15.1. The van der Waals surface area contributed by atoms with Crippen molar-refractivity contribution in [1.82, 2.24) is 19.9 Å². The molecule has 0 spiro atoms. The first-order valence-corrected chi connectivity index (χ1v) is 8.05. The summed E-state index contributed by atoms with van der Waals surface area (Å²) in [5, 5.41) is 7.56. The normalized spacial score (nSPS) is 10.8. The van der Waals surface area contributed by atoms with Gasteiger partial charge in [-0.3, -0.25) is 4.98 Å². The Hall–Kier alpha value is -3.41. The zero-order valence-electron chi connectivity index (χ0n) is 14.0. The van der Waals surface area contributed by atoms with Gasteiger partial charge in [-0.2, -0.15) is 0 Å². The number of H-pyrrole nitrogens is 1. The summed E-state index contributed by atoms with van der Waals surface area (Å²) in [6.07, 6.45) is 5.37. The number of rotatable bonds is 4. The van der Waals surface area contributed by atoms with Gasteiger partial charge in [0, 0.05) is 42.6 Å². The Morgan fingerprint density at radius 1 is 1.08 bits per heavy atom. The summed E-state index contributed by atoms with van der Waals surface area (Å²) in [5.74, 6) is 1.40. The predicted molar refractivity (Wildman–Crippen MR) is 101 cm³/mol. The van der Waals surface area contributed by atoms with E-state index in [1.807, 2.05) is 37.5 Å². The number of hydrogen-bond donors (Lipinski definition) is 3. The molecule has 3 N–H and O–H groups in total. The van der Waals surface area contributed by atoms with Gasteiger partial charge in [0.2, 0.25) is 0 Å². The van der Waals surface area contributed by atoms with Crippen molar-refractivity contribution in [3.63, 3.8) is 0 Å². The van der Waals surface area contributed by atoms with Crippen LogP contribution in [-0.4, -0.2) is 27.0 Å². The highest BCUT2D eigenvalue weighted by Gasteiger charge is 2.12. The first-order valence-electron chi connectivity index (χ1n) is 8.05. The van der Waals surface area contributed by atoms with E-state index in [4.69, 9.17) is 4.98 Å². The summed E-state index contributed by atoms with van der Waals surface area (Å²) >= 11 is 0. The number of aromatic amines is 1. The Labute approximate surface area is 145 Å². The molecular weight excluding hydrogens is 312 g/mol. The highest BCUT2D eigenvalue weighted by atomic mass is 15.1. The fraction of sp³-hybridized carbons (Fsp3) is 0.105. The summed E-state index contributed by atoms with van der Waals surface area (Å²) in [6, 6.07) is 12.0. The summed E-state index contributed by atoms with van der Waals surface area (Å²) in [7, 11) is 1.91. The molecule has 0 saturated carbocycles. The maximum Gasteiger partial charge on any atom is 0.165 e. The molecule has 0 aliphatic heterocycles. The van der Waals surface area contributed by atoms with Gasteiger partial charge in [0.05, 0.1) is 5.39 Å². The highest BCUT2D eigenvalue weighted by Crippen LogP contribution is 2.29. The number of aromatic nitrogens is 4. The van der Waals surface area contributed by atoms with E-state index in [-0.39, 0.29) is 0 Å². The van der Waals surface area contributed by atoms with E-state index in [2.05, 4.69) is 44.6 Å². The van der Waals surface area contributed by atoms with Crippen molar-refractivity contribution in [2.75, 3.05) is 17.7 Å². The summed E-state index contributed by atoms with van der Waals surface area (Å²) in [4.78, 5) is 16.7. The van der Waals surface area contributed by atoms with Crippen LogP contribution < -0.4 is 10.6 Å². The van der Waals surface area contributed by atoms with Gasteiger partial charge in [-0.25, -0.2) is 9.97 Å². The number of hydrogen-bond acceptors (Lipinski definition) is 5. The number of nitrogens with one attached hydrogen (secondary N) is 3. The van der Waals surface area contributed by atoms with Crippen LogP contribution in [0.25, 0.3) is 22.4 Å². The van der Waals surface area contributed by atoms with Crippen LogP contribution >= 0.6 is 0 Å². The van der Waals surface area contributed by atoms with Crippen molar-refractivity contribution in [3.8, 4) is 11.4 Å². The van der Waals surface area contributed by atoms with E-state index in [1.165, 1.54) is 0 Å². The number of nitrogens with zero attached hydrogens (tertiary/aromatic N) is 3.